The SMILES string of the molecule is CC[N+](CC#N)(CC1=CC2=CCC=Cc3cccc(c32)C1=O)CC1CC1. The van der Waals surface area contributed by atoms with Gasteiger partial charge in [0.25, 0.3) is 0 Å². The van der Waals surface area contributed by atoms with Gasteiger partial charge in [0.15, 0.2) is 12.3 Å². The molecule has 132 valence electrons. The fourth-order valence-electron chi connectivity index (χ4n) is 4.28. The van der Waals surface area contributed by atoms with Gasteiger partial charge in [-0.3, -0.25) is 4.79 Å². The van der Waals surface area contributed by atoms with Crippen molar-refractivity contribution in [1.29, 1.82) is 5.26 Å². The Balaban J connectivity index is 1.72. The number of ketones is 1. The minimum atomic E-state index is 0.138. The predicted octanol–water partition coefficient (Wildman–Crippen LogP) is 4.38. The zero-order valence-corrected chi connectivity index (χ0v) is 15.4. The van der Waals surface area contributed by atoms with Crippen LogP contribution in [0.3, 0.4) is 0 Å². The Hall–Kier alpha value is -2.44. The molecule has 0 heterocycles. The van der Waals surface area contributed by atoms with E-state index in [-0.39, 0.29) is 5.78 Å². The van der Waals surface area contributed by atoms with Crippen molar-refractivity contribution in [2.45, 2.75) is 26.2 Å². The van der Waals surface area contributed by atoms with E-state index in [1.54, 1.807) is 0 Å². The summed E-state index contributed by atoms with van der Waals surface area (Å²) < 4.78 is 0.708. The Morgan fingerprint density at radius 1 is 1.31 bits per heavy atom. The van der Waals surface area contributed by atoms with Gasteiger partial charge in [-0.05, 0) is 49.0 Å². The van der Waals surface area contributed by atoms with Gasteiger partial charge in [0, 0.05) is 11.5 Å². The second-order valence-electron chi connectivity index (χ2n) is 7.82. The molecule has 3 aliphatic carbocycles. The average molecular weight is 345 g/mol. The van der Waals surface area contributed by atoms with E-state index in [0.29, 0.717) is 17.6 Å². The zero-order chi connectivity index (χ0) is 18.1. The molecule has 1 saturated carbocycles. The summed E-state index contributed by atoms with van der Waals surface area (Å²) in [6.07, 6.45) is 12.0. The normalized spacial score (nSPS) is 20.4. The van der Waals surface area contributed by atoms with E-state index in [9.17, 15) is 10.1 Å². The van der Waals surface area contributed by atoms with E-state index in [1.807, 2.05) is 12.1 Å². The molecular weight excluding hydrogens is 320 g/mol. The van der Waals surface area contributed by atoms with Crippen molar-refractivity contribution in [1.82, 2.24) is 0 Å². The summed E-state index contributed by atoms with van der Waals surface area (Å²) in [5.41, 5.74) is 5.04. The van der Waals surface area contributed by atoms with E-state index in [1.165, 1.54) is 12.8 Å². The molecule has 0 N–H and O–H groups in total. The number of allylic oxidation sites excluding steroid dienone is 4. The number of nitriles is 1. The lowest BCUT2D eigenvalue weighted by atomic mass is 9.84. The van der Waals surface area contributed by atoms with Crippen LogP contribution in [-0.2, 0) is 0 Å². The summed E-state index contributed by atoms with van der Waals surface area (Å²) >= 11 is 0. The second-order valence-corrected chi connectivity index (χ2v) is 7.82. The molecule has 0 aromatic heterocycles. The molecule has 1 atom stereocenters. The molecule has 0 bridgehead atoms. The van der Waals surface area contributed by atoms with Crippen LogP contribution >= 0.6 is 0 Å². The summed E-state index contributed by atoms with van der Waals surface area (Å²) in [6.45, 7) is 5.19. The van der Waals surface area contributed by atoms with Crippen molar-refractivity contribution < 1.29 is 9.28 Å². The molecule has 1 fully saturated rings. The van der Waals surface area contributed by atoms with Crippen molar-refractivity contribution >= 4 is 17.4 Å². The summed E-state index contributed by atoms with van der Waals surface area (Å²) in [5, 5.41) is 9.41. The first-order valence-electron chi connectivity index (χ1n) is 9.63. The molecule has 0 radical (unpaired) electrons. The maximum absolute atomic E-state index is 13.3. The standard InChI is InChI=1S/C23H25N2O/c1-2-25(13-12-24,15-17-10-11-17)16-20-14-19-7-4-3-6-18-8-5-9-21(22(18)19)23(20)26/h3,5-9,14,17H,2,4,10-11,13,15-16H2,1H3/q+1. The molecule has 0 spiro atoms. The smallest absolute Gasteiger partial charge is 0.195 e. The highest BCUT2D eigenvalue weighted by molar-refractivity contribution is 6.17. The summed E-state index contributed by atoms with van der Waals surface area (Å²) in [7, 11) is 0. The van der Waals surface area contributed by atoms with Gasteiger partial charge in [0.05, 0.1) is 18.7 Å². The van der Waals surface area contributed by atoms with E-state index in [4.69, 9.17) is 0 Å². The molecule has 1 aromatic carbocycles. The first kappa shape index (κ1) is 17.0. The van der Waals surface area contributed by atoms with Crippen LogP contribution in [0.15, 0.2) is 42.0 Å². The third-order valence-electron chi connectivity index (χ3n) is 5.95. The molecule has 0 aliphatic heterocycles. The Bertz CT molecular complexity index is 880. The number of nitrogens with zero attached hydrogens (tertiary/aromatic N) is 2. The van der Waals surface area contributed by atoms with Crippen molar-refractivity contribution in [3.05, 3.63) is 58.7 Å². The van der Waals surface area contributed by atoms with E-state index >= 15 is 0 Å². The van der Waals surface area contributed by atoms with Crippen LogP contribution in [0.2, 0.25) is 0 Å². The van der Waals surface area contributed by atoms with E-state index < -0.39 is 0 Å². The lowest BCUT2D eigenvalue weighted by molar-refractivity contribution is -0.917. The Labute approximate surface area is 155 Å². The Morgan fingerprint density at radius 3 is 2.88 bits per heavy atom. The second kappa shape index (κ2) is 6.70. The van der Waals surface area contributed by atoms with Gasteiger partial charge in [-0.1, -0.05) is 36.4 Å². The van der Waals surface area contributed by atoms with Gasteiger partial charge in [0.2, 0.25) is 0 Å². The number of rotatable bonds is 6. The predicted molar refractivity (Wildman–Crippen MR) is 104 cm³/mol. The topological polar surface area (TPSA) is 40.9 Å². The average Bonchev–Trinajstić information content (AvgIpc) is 3.47. The number of quaternary nitrogens is 1. The molecule has 0 saturated heterocycles. The van der Waals surface area contributed by atoms with Gasteiger partial charge in [-0.25, -0.2) is 0 Å². The van der Waals surface area contributed by atoms with Crippen molar-refractivity contribution in [3.8, 4) is 6.07 Å². The third-order valence-corrected chi connectivity index (χ3v) is 5.95. The number of likely N-dealkylation sites (N-methyl/N-ethyl adjacent to an activating group) is 1. The monoisotopic (exact) mass is 345 g/mol. The molecule has 26 heavy (non-hydrogen) atoms. The van der Waals surface area contributed by atoms with Gasteiger partial charge in [-0.15, -0.1) is 0 Å². The van der Waals surface area contributed by atoms with Crippen molar-refractivity contribution in [2.24, 2.45) is 5.92 Å². The summed E-state index contributed by atoms with van der Waals surface area (Å²) in [4.78, 5) is 13.3. The van der Waals surface area contributed by atoms with Crippen LogP contribution in [-0.4, -0.2) is 36.4 Å². The maximum Gasteiger partial charge on any atom is 0.195 e. The fraction of sp³-hybridized carbons (Fsp3) is 0.391. The van der Waals surface area contributed by atoms with Crippen LogP contribution in [0.25, 0.3) is 11.6 Å². The summed E-state index contributed by atoms with van der Waals surface area (Å²) in [6, 6.07) is 8.39. The Kier molecular flexibility index (Phi) is 4.38. The van der Waals surface area contributed by atoms with Crippen molar-refractivity contribution in [2.75, 3.05) is 26.2 Å². The molecule has 3 nitrogen and oxygen atoms in total. The van der Waals surface area contributed by atoms with Gasteiger partial charge in [-0.2, -0.15) is 5.26 Å². The number of Topliss-reactive ketones (excluding diaryl/α,β-unsaturated/α-hetero) is 1. The third kappa shape index (κ3) is 3.06. The lowest BCUT2D eigenvalue weighted by Gasteiger charge is -2.37. The maximum atomic E-state index is 13.3. The van der Waals surface area contributed by atoms with E-state index in [2.05, 4.69) is 43.4 Å². The molecule has 1 aromatic rings. The highest BCUT2D eigenvalue weighted by Crippen LogP contribution is 2.37. The molecular formula is C23H25N2O+. The van der Waals surface area contributed by atoms with Crippen LogP contribution in [0.1, 0.15) is 47.7 Å². The molecule has 3 heteroatoms. The summed E-state index contributed by atoms with van der Waals surface area (Å²) in [5.74, 6) is 0.863. The number of hydrogen-bond acceptors (Lipinski definition) is 2. The highest BCUT2D eigenvalue weighted by atomic mass is 16.1. The van der Waals surface area contributed by atoms with Crippen molar-refractivity contribution in [3.63, 3.8) is 0 Å². The molecule has 4 rings (SSSR count). The van der Waals surface area contributed by atoms with Crippen LogP contribution in [0.4, 0.5) is 0 Å². The number of hydrogen-bond donors (Lipinski definition) is 0. The minimum absolute atomic E-state index is 0.138. The van der Waals surface area contributed by atoms with Crippen LogP contribution < -0.4 is 0 Å². The van der Waals surface area contributed by atoms with Crippen LogP contribution in [0, 0.1) is 17.2 Å². The largest absolute Gasteiger partial charge is 0.308 e. The number of carbonyl (C=O) groups excluding carboxylic acids is 1. The first-order valence-corrected chi connectivity index (χ1v) is 9.63. The zero-order valence-electron chi connectivity index (χ0n) is 15.4. The van der Waals surface area contributed by atoms with Gasteiger partial charge >= 0.3 is 0 Å². The van der Waals surface area contributed by atoms with Crippen LogP contribution in [0.5, 0.6) is 0 Å². The van der Waals surface area contributed by atoms with E-state index in [0.717, 1.165) is 53.3 Å². The molecule has 1 unspecified atom stereocenters. The Morgan fingerprint density at radius 2 is 2.15 bits per heavy atom. The van der Waals surface area contributed by atoms with Gasteiger partial charge < -0.3 is 4.48 Å². The lowest BCUT2D eigenvalue weighted by Crippen LogP contribution is -2.51. The fourth-order valence-corrected chi connectivity index (χ4v) is 4.28. The first-order chi connectivity index (χ1) is 12.7. The number of benzene rings is 1. The van der Waals surface area contributed by atoms with Gasteiger partial charge in [0.1, 0.15) is 12.6 Å². The number of carbonyl (C=O) groups is 1. The molecule has 3 aliphatic rings. The minimum Gasteiger partial charge on any atom is -0.308 e. The quantitative estimate of drug-likeness (QED) is 0.567. The molecule has 0 amide bonds. The highest BCUT2D eigenvalue weighted by Gasteiger charge is 2.38.